The van der Waals surface area contributed by atoms with Crippen LogP contribution in [0.15, 0.2) is 0 Å². The van der Waals surface area contributed by atoms with E-state index in [9.17, 15) is 4.79 Å². The van der Waals surface area contributed by atoms with Gasteiger partial charge in [-0.3, -0.25) is 4.79 Å². The average Bonchev–Trinajstić information content (AvgIpc) is 1.65. The molecule has 0 saturated carbocycles. The van der Waals surface area contributed by atoms with E-state index in [1.807, 2.05) is 0 Å². The fraction of sp³-hybridized carbons (Fsp3) is 0.500. The van der Waals surface area contributed by atoms with Gasteiger partial charge in [-0.25, -0.2) is 0 Å². The van der Waals surface area contributed by atoms with Crippen molar-refractivity contribution in [3.05, 3.63) is 6.92 Å². The summed E-state index contributed by atoms with van der Waals surface area (Å²) in [5.41, 5.74) is 14.1. The molecule has 0 atom stereocenters. The minimum atomic E-state index is -0.968. The summed E-state index contributed by atoms with van der Waals surface area (Å²) in [6.07, 6.45) is -0.417. The Bertz CT molecular complexity index is 76.1. The van der Waals surface area contributed by atoms with Crippen LogP contribution in [0.2, 0.25) is 0 Å². The molecule has 0 saturated heterocycles. The maximum Gasteiger partial charge on any atom is 1.00 e. The topological polar surface area (TPSA) is 115 Å². The fourth-order valence-corrected chi connectivity index (χ4v) is 0. The van der Waals surface area contributed by atoms with Crippen LogP contribution in [0.1, 0.15) is 0 Å². The molecule has 10 heavy (non-hydrogen) atoms. The Morgan fingerprint density at radius 3 is 1.70 bits per heavy atom. The van der Waals surface area contributed by atoms with Crippen LogP contribution in [-0.2, 0) is 4.79 Å². The van der Waals surface area contributed by atoms with Crippen molar-refractivity contribution in [2.45, 2.75) is 6.17 Å². The predicted molar refractivity (Wildman–Crippen MR) is 34.2 cm³/mol. The Labute approximate surface area is 82.2 Å². The number of nitrogens with two attached hydrogens (primary N) is 3. The predicted octanol–water partition coefficient (Wildman–Crippen LogP) is -4.90. The zero-order valence-corrected chi connectivity index (χ0v) is 8.08. The fourth-order valence-electron chi connectivity index (χ4n) is 0. The van der Waals surface area contributed by atoms with Crippen molar-refractivity contribution < 1.29 is 39.5 Å². The first-order valence-electron chi connectivity index (χ1n) is 2.26. The zero-order valence-electron chi connectivity index (χ0n) is 6.08. The van der Waals surface area contributed by atoms with E-state index in [0.29, 0.717) is 0 Å². The number of rotatable bonds is 1. The Kier molecular flexibility index (Phi) is 20.2. The molecule has 7 N–H and O–H groups in total. The van der Waals surface area contributed by atoms with Crippen LogP contribution in [-0.4, -0.2) is 23.8 Å². The molecule has 0 fully saturated rings. The second-order valence-corrected chi connectivity index (χ2v) is 1.26. The number of hydrogen-bond acceptors (Lipinski definition) is 4. The molecule has 0 heterocycles. The zero-order chi connectivity index (χ0) is 7.86. The molecule has 0 amide bonds. The maximum absolute atomic E-state index is 9.24. The van der Waals surface area contributed by atoms with Gasteiger partial charge in [0.1, 0.15) is 0 Å². The van der Waals surface area contributed by atoms with E-state index in [2.05, 4.69) is 12.7 Å². The van der Waals surface area contributed by atoms with Gasteiger partial charge in [-0.1, -0.05) is 6.17 Å². The van der Waals surface area contributed by atoms with Gasteiger partial charge in [-0.2, -0.15) is 0 Å². The SMILES string of the molecule is NCC(=O)O.[CH2-]C(N)N.[Na+]. The molecule has 0 radical (unpaired) electrons. The van der Waals surface area contributed by atoms with Crippen LogP contribution in [0, 0.1) is 6.92 Å². The first kappa shape index (κ1) is 16.7. The summed E-state index contributed by atoms with van der Waals surface area (Å²) in [6, 6.07) is 0. The number of carboxylic acid groups (broad SMARTS) is 1. The van der Waals surface area contributed by atoms with Crippen LogP contribution < -0.4 is 46.8 Å². The molecule has 5 nitrogen and oxygen atoms in total. The number of carbonyl (C=O) groups is 1. The molecular weight excluding hydrogens is 145 g/mol. The minimum absolute atomic E-state index is 0. The molecule has 0 aliphatic rings. The molecule has 0 aromatic carbocycles. The van der Waals surface area contributed by atoms with Crippen molar-refractivity contribution in [3.8, 4) is 0 Å². The van der Waals surface area contributed by atoms with Gasteiger partial charge in [0.25, 0.3) is 0 Å². The number of hydrogen-bond donors (Lipinski definition) is 4. The summed E-state index contributed by atoms with van der Waals surface area (Å²) in [5, 5.41) is 7.60. The Morgan fingerprint density at radius 1 is 1.60 bits per heavy atom. The van der Waals surface area contributed by atoms with Gasteiger partial charge in [0.15, 0.2) is 0 Å². The standard InChI is InChI=1S/C2H7N2.C2H5NO2.Na/c1-2(3)4;3-1-2(4)5;/h2H,1,3-4H2;1,3H2,(H,4,5);/q-1;;+1. The summed E-state index contributed by atoms with van der Waals surface area (Å²) in [4.78, 5) is 9.24. The monoisotopic (exact) mass is 157 g/mol. The summed E-state index contributed by atoms with van der Waals surface area (Å²) < 4.78 is 0. The van der Waals surface area contributed by atoms with Crippen LogP contribution >= 0.6 is 0 Å². The molecule has 0 bridgehead atoms. The third-order valence-corrected chi connectivity index (χ3v) is 0.175. The second-order valence-electron chi connectivity index (χ2n) is 1.26. The molecule has 0 spiro atoms. The number of aliphatic carboxylic acids is 1. The number of carboxylic acids is 1. The minimum Gasteiger partial charge on any atom is -0.480 e. The van der Waals surface area contributed by atoms with Crippen molar-refractivity contribution in [3.63, 3.8) is 0 Å². The van der Waals surface area contributed by atoms with Crippen molar-refractivity contribution in [1.29, 1.82) is 0 Å². The normalized spacial score (nSPS) is 7.30. The molecule has 0 aliphatic heterocycles. The van der Waals surface area contributed by atoms with E-state index in [4.69, 9.17) is 16.6 Å². The Balaban J connectivity index is -0.0000000910. The van der Waals surface area contributed by atoms with E-state index in [1.165, 1.54) is 0 Å². The van der Waals surface area contributed by atoms with E-state index in [1.54, 1.807) is 0 Å². The van der Waals surface area contributed by atoms with E-state index < -0.39 is 12.1 Å². The van der Waals surface area contributed by atoms with Crippen LogP contribution in [0.3, 0.4) is 0 Å². The third kappa shape index (κ3) is 81.7. The molecule has 0 aliphatic carbocycles. The van der Waals surface area contributed by atoms with E-state index >= 15 is 0 Å². The molecule has 0 rings (SSSR count). The second kappa shape index (κ2) is 12.1. The molecule has 0 unspecified atom stereocenters. The van der Waals surface area contributed by atoms with Crippen LogP contribution in [0.4, 0.5) is 0 Å². The summed E-state index contributed by atoms with van der Waals surface area (Å²) >= 11 is 0. The Morgan fingerprint density at radius 2 is 1.70 bits per heavy atom. The van der Waals surface area contributed by atoms with Crippen molar-refractivity contribution >= 4 is 5.97 Å². The quantitative estimate of drug-likeness (QED) is 0.173. The van der Waals surface area contributed by atoms with Crippen molar-refractivity contribution in [2.75, 3.05) is 6.54 Å². The van der Waals surface area contributed by atoms with Crippen LogP contribution in [0.5, 0.6) is 0 Å². The van der Waals surface area contributed by atoms with Gasteiger partial charge in [-0.05, 0) is 0 Å². The van der Waals surface area contributed by atoms with E-state index in [0.717, 1.165) is 0 Å². The molecular formula is C4H12N3NaO2. The smallest absolute Gasteiger partial charge is 0.480 e. The Hall–Kier alpha value is 0.350. The van der Waals surface area contributed by atoms with Gasteiger partial charge >= 0.3 is 35.5 Å². The maximum atomic E-state index is 9.24. The molecule has 56 valence electrons. The van der Waals surface area contributed by atoms with E-state index in [-0.39, 0.29) is 36.1 Å². The van der Waals surface area contributed by atoms with Gasteiger partial charge in [0.05, 0.1) is 6.54 Å². The molecule has 0 aromatic rings. The average molecular weight is 157 g/mol. The summed E-state index contributed by atoms with van der Waals surface area (Å²) in [6.45, 7) is 2.92. The van der Waals surface area contributed by atoms with Crippen molar-refractivity contribution in [1.82, 2.24) is 0 Å². The van der Waals surface area contributed by atoms with Gasteiger partial charge in [-0.15, -0.1) is 0 Å². The summed E-state index contributed by atoms with van der Waals surface area (Å²) in [5.74, 6) is -0.968. The third-order valence-electron chi connectivity index (χ3n) is 0.175. The first-order chi connectivity index (χ1) is 4.00. The molecule has 0 aromatic heterocycles. The largest absolute Gasteiger partial charge is 1.00 e. The van der Waals surface area contributed by atoms with Gasteiger partial charge in [0.2, 0.25) is 0 Å². The van der Waals surface area contributed by atoms with Gasteiger partial charge in [0, 0.05) is 0 Å². The van der Waals surface area contributed by atoms with Crippen molar-refractivity contribution in [2.24, 2.45) is 17.2 Å². The first-order valence-corrected chi connectivity index (χ1v) is 2.26. The van der Waals surface area contributed by atoms with Gasteiger partial charge < -0.3 is 29.2 Å². The van der Waals surface area contributed by atoms with Crippen LogP contribution in [0.25, 0.3) is 0 Å². The summed E-state index contributed by atoms with van der Waals surface area (Å²) in [7, 11) is 0. The molecule has 6 heteroatoms.